The molecule has 1 rings (SSSR count). The van der Waals surface area contributed by atoms with Crippen LogP contribution in [0.3, 0.4) is 0 Å². The molecule has 72 valence electrons. The summed E-state index contributed by atoms with van der Waals surface area (Å²) in [6, 6.07) is -0.881. The van der Waals surface area contributed by atoms with E-state index in [0.29, 0.717) is 0 Å². The first-order valence-electron chi connectivity index (χ1n) is 3.64. The number of ether oxygens (including phenoxy) is 1. The van der Waals surface area contributed by atoms with Crippen LogP contribution in [0.1, 0.15) is 0 Å². The fraction of sp³-hybridized carbons (Fsp3) is 1.00. The first-order valence-corrected chi connectivity index (χ1v) is 3.64. The Morgan fingerprint density at radius 3 is 2.25 bits per heavy atom. The molecule has 0 aromatic heterocycles. The summed E-state index contributed by atoms with van der Waals surface area (Å²) in [7, 11) is 0. The van der Waals surface area contributed by atoms with E-state index in [9.17, 15) is 5.11 Å². The zero-order chi connectivity index (χ0) is 9.30. The molecule has 0 bridgehead atoms. The minimum Gasteiger partial charge on any atom is -0.394 e. The number of aliphatic hydroxyl groups excluding tert-OH is 4. The normalized spacial score (nSPS) is 49.2. The van der Waals surface area contributed by atoms with Crippen LogP contribution >= 0.6 is 0 Å². The van der Waals surface area contributed by atoms with Crippen LogP contribution in [0.5, 0.6) is 0 Å². The lowest BCUT2D eigenvalue weighted by Gasteiger charge is -2.38. The van der Waals surface area contributed by atoms with Gasteiger partial charge in [0, 0.05) is 0 Å². The summed E-state index contributed by atoms with van der Waals surface area (Å²) in [6.07, 6.45) is -5.01. The highest BCUT2D eigenvalue weighted by molar-refractivity contribution is 4.90. The first-order chi connectivity index (χ1) is 5.57. The second-order valence-corrected chi connectivity index (χ2v) is 2.81. The molecular formula is C6H13NO5. The van der Waals surface area contributed by atoms with E-state index in [-0.39, 0.29) is 0 Å². The molecular weight excluding hydrogens is 166 g/mol. The Morgan fingerprint density at radius 1 is 1.17 bits per heavy atom. The van der Waals surface area contributed by atoms with Gasteiger partial charge in [-0.05, 0) is 0 Å². The van der Waals surface area contributed by atoms with Gasteiger partial charge < -0.3 is 30.9 Å². The van der Waals surface area contributed by atoms with Gasteiger partial charge in [-0.25, -0.2) is 0 Å². The van der Waals surface area contributed by atoms with E-state index in [2.05, 4.69) is 0 Å². The third-order valence-corrected chi connectivity index (χ3v) is 1.96. The first kappa shape index (κ1) is 9.85. The molecule has 5 atom stereocenters. The number of hydrogen-bond donors (Lipinski definition) is 5. The lowest BCUT2D eigenvalue weighted by atomic mass is 9.98. The van der Waals surface area contributed by atoms with Gasteiger partial charge in [0.1, 0.15) is 18.3 Å². The van der Waals surface area contributed by atoms with Crippen LogP contribution in [-0.2, 0) is 4.74 Å². The van der Waals surface area contributed by atoms with Crippen molar-refractivity contribution in [1.82, 2.24) is 0 Å². The van der Waals surface area contributed by atoms with Crippen molar-refractivity contribution in [2.75, 3.05) is 6.61 Å². The maximum atomic E-state index is 9.19. The zero-order valence-electron chi connectivity index (χ0n) is 6.37. The van der Waals surface area contributed by atoms with Crippen LogP contribution in [0.15, 0.2) is 0 Å². The summed E-state index contributed by atoms with van der Waals surface area (Å²) in [4.78, 5) is 0. The predicted octanol–water partition coefficient (Wildman–Crippen LogP) is -3.26. The van der Waals surface area contributed by atoms with Crippen LogP contribution in [0.4, 0.5) is 0 Å². The van der Waals surface area contributed by atoms with Gasteiger partial charge in [-0.15, -0.1) is 0 Å². The number of hydrogen-bond acceptors (Lipinski definition) is 6. The summed E-state index contributed by atoms with van der Waals surface area (Å²) in [5.41, 5.74) is 5.38. The Balaban J connectivity index is 2.63. The van der Waals surface area contributed by atoms with E-state index < -0.39 is 37.3 Å². The van der Waals surface area contributed by atoms with Crippen LogP contribution < -0.4 is 5.73 Å². The van der Waals surface area contributed by atoms with E-state index in [1.807, 2.05) is 0 Å². The van der Waals surface area contributed by atoms with Crippen molar-refractivity contribution in [3.05, 3.63) is 0 Å². The highest BCUT2D eigenvalue weighted by Crippen LogP contribution is 2.17. The van der Waals surface area contributed by atoms with Gasteiger partial charge in [0.05, 0.1) is 12.6 Å². The van der Waals surface area contributed by atoms with Crippen LogP contribution in [-0.4, -0.2) is 57.7 Å². The average Bonchev–Trinajstić information content (AvgIpc) is 2.08. The summed E-state index contributed by atoms with van der Waals surface area (Å²) >= 11 is 0. The van der Waals surface area contributed by atoms with E-state index in [0.717, 1.165) is 0 Å². The SMILES string of the molecule is N[C@H]1[C@H](O)[C@H](O)C(O)O[C@@H]1CO. The molecule has 1 fully saturated rings. The molecule has 0 aromatic rings. The molecule has 6 N–H and O–H groups in total. The molecule has 6 nitrogen and oxygen atoms in total. The van der Waals surface area contributed by atoms with Gasteiger partial charge in [0.15, 0.2) is 6.29 Å². The molecule has 0 spiro atoms. The van der Waals surface area contributed by atoms with Gasteiger partial charge >= 0.3 is 0 Å². The Kier molecular flexibility index (Phi) is 2.99. The standard InChI is InChI=1S/C6H13NO5/c7-3-2(1-8)12-6(11)5(10)4(3)9/h2-6,8-11H,1,7H2/t2-,3-,4+,5+,6?/m1/s1. The second kappa shape index (κ2) is 3.65. The summed E-state index contributed by atoms with van der Waals surface area (Å²) in [6.45, 7) is -0.401. The van der Waals surface area contributed by atoms with E-state index in [4.69, 9.17) is 25.8 Å². The third kappa shape index (κ3) is 1.58. The van der Waals surface area contributed by atoms with Crippen molar-refractivity contribution in [3.8, 4) is 0 Å². The van der Waals surface area contributed by atoms with Crippen LogP contribution in [0.25, 0.3) is 0 Å². The quantitative estimate of drug-likeness (QED) is 0.288. The highest BCUT2D eigenvalue weighted by atomic mass is 16.6. The van der Waals surface area contributed by atoms with Gasteiger partial charge in [0.25, 0.3) is 0 Å². The molecule has 12 heavy (non-hydrogen) atoms. The van der Waals surface area contributed by atoms with Crippen molar-refractivity contribution in [2.24, 2.45) is 5.73 Å². The van der Waals surface area contributed by atoms with Crippen LogP contribution in [0.2, 0.25) is 0 Å². The van der Waals surface area contributed by atoms with Crippen molar-refractivity contribution < 1.29 is 25.2 Å². The lowest BCUT2D eigenvalue weighted by molar-refractivity contribution is -0.258. The monoisotopic (exact) mass is 179 g/mol. The molecule has 0 aromatic carbocycles. The van der Waals surface area contributed by atoms with Crippen molar-refractivity contribution in [3.63, 3.8) is 0 Å². The minimum atomic E-state index is -1.49. The number of aliphatic hydroxyl groups is 4. The molecule has 6 heteroatoms. The predicted molar refractivity (Wildman–Crippen MR) is 38.0 cm³/mol. The van der Waals surface area contributed by atoms with E-state index in [1.54, 1.807) is 0 Å². The Bertz CT molecular complexity index is 150. The van der Waals surface area contributed by atoms with Gasteiger partial charge in [0.2, 0.25) is 0 Å². The van der Waals surface area contributed by atoms with E-state index in [1.165, 1.54) is 0 Å². The lowest BCUT2D eigenvalue weighted by Crippen LogP contribution is -2.61. The molecule has 1 unspecified atom stereocenters. The molecule has 1 aliphatic rings. The van der Waals surface area contributed by atoms with Crippen molar-refractivity contribution >= 4 is 0 Å². The molecule has 1 heterocycles. The smallest absolute Gasteiger partial charge is 0.183 e. The summed E-state index contributed by atoms with van der Waals surface area (Å²) in [5.74, 6) is 0. The molecule has 0 radical (unpaired) electrons. The third-order valence-electron chi connectivity index (χ3n) is 1.96. The van der Waals surface area contributed by atoms with Gasteiger partial charge in [-0.3, -0.25) is 0 Å². The fourth-order valence-corrected chi connectivity index (χ4v) is 1.13. The zero-order valence-corrected chi connectivity index (χ0v) is 6.37. The van der Waals surface area contributed by atoms with Gasteiger partial charge in [-0.2, -0.15) is 0 Å². The second-order valence-electron chi connectivity index (χ2n) is 2.81. The number of nitrogens with two attached hydrogens (primary N) is 1. The molecule has 1 saturated heterocycles. The highest BCUT2D eigenvalue weighted by Gasteiger charge is 2.41. The summed E-state index contributed by atoms with van der Waals surface area (Å²) in [5, 5.41) is 35.9. The van der Waals surface area contributed by atoms with Crippen molar-refractivity contribution in [2.45, 2.75) is 30.6 Å². The van der Waals surface area contributed by atoms with Crippen LogP contribution in [0, 0.1) is 0 Å². The average molecular weight is 179 g/mol. The molecule has 1 aliphatic heterocycles. The van der Waals surface area contributed by atoms with Crippen molar-refractivity contribution in [1.29, 1.82) is 0 Å². The maximum Gasteiger partial charge on any atom is 0.183 e. The summed E-state index contributed by atoms with van der Waals surface area (Å²) < 4.78 is 4.70. The molecule has 0 aliphatic carbocycles. The molecule has 0 saturated carbocycles. The Hall–Kier alpha value is -0.240. The van der Waals surface area contributed by atoms with E-state index >= 15 is 0 Å². The number of rotatable bonds is 1. The fourth-order valence-electron chi connectivity index (χ4n) is 1.13. The Morgan fingerprint density at radius 2 is 1.75 bits per heavy atom. The van der Waals surface area contributed by atoms with Gasteiger partial charge in [-0.1, -0.05) is 0 Å². The topological polar surface area (TPSA) is 116 Å². The minimum absolute atomic E-state index is 0.401. The largest absolute Gasteiger partial charge is 0.394 e. The maximum absolute atomic E-state index is 9.19. The Labute approximate surface area is 69.2 Å². The molecule has 0 amide bonds.